The summed E-state index contributed by atoms with van der Waals surface area (Å²) in [5.41, 5.74) is 3.56. The number of benzene rings is 2. The molecule has 0 saturated carbocycles. The van der Waals surface area contributed by atoms with Crippen LogP contribution in [0, 0.1) is 10.1 Å². The van der Waals surface area contributed by atoms with Crippen LogP contribution >= 0.6 is 11.6 Å². The van der Waals surface area contributed by atoms with E-state index < -0.39 is 34.9 Å². The predicted octanol–water partition coefficient (Wildman–Crippen LogP) is 6.60. The molecular formula is C38H50ClN9O9. The number of nitrogens with zero attached hydrogens (tertiary/aromatic N) is 6. The zero-order valence-corrected chi connectivity index (χ0v) is 33.4. The number of ether oxygens (including phenoxy) is 3. The Morgan fingerprint density at radius 3 is 2.39 bits per heavy atom. The molecular weight excluding hydrogens is 762 g/mol. The maximum atomic E-state index is 13.2. The molecule has 1 atom stereocenters. The quantitative estimate of drug-likeness (QED) is 0.0250. The van der Waals surface area contributed by atoms with Crippen molar-refractivity contribution in [1.82, 2.24) is 40.8 Å². The standard InChI is InChI=1S/C38H50ClN9O9/c1-5-6-16-32-42-33(39)31(47(32)24-26-17-19-27(20-18-26)28-13-7-8-14-29(28)34-43-45-46-44-34)25-55-37(51)41-30(35(49)54-22-11-12-23-56-48(52)53)15-9-10-21-40-36(50)57-38(2,3)4/h7-8,13-14,17-20,30H,5-6,9-12,15-16,21-25H2,1-4H3,(H,40,50)(H,41,51)(H,43,44,45,46)/t30-/m0/s1. The molecule has 3 N–H and O–H groups in total. The van der Waals surface area contributed by atoms with Gasteiger partial charge in [-0.05, 0) is 81.2 Å². The summed E-state index contributed by atoms with van der Waals surface area (Å²) in [4.78, 5) is 57.5. The second kappa shape index (κ2) is 22.1. The molecule has 4 rings (SSSR count). The maximum absolute atomic E-state index is 13.2. The number of unbranched alkanes of at least 4 members (excludes halogenated alkanes) is 3. The van der Waals surface area contributed by atoms with Crippen molar-refractivity contribution in [3.05, 3.63) is 80.9 Å². The smallest absolute Gasteiger partial charge is 0.408 e. The molecule has 0 saturated heterocycles. The monoisotopic (exact) mass is 811 g/mol. The Balaban J connectivity index is 1.41. The van der Waals surface area contributed by atoms with Crippen LogP contribution in [0.5, 0.6) is 0 Å². The van der Waals surface area contributed by atoms with Gasteiger partial charge in [0, 0.05) is 25.1 Å². The van der Waals surface area contributed by atoms with Crippen LogP contribution in [0.2, 0.25) is 5.15 Å². The number of carbonyl (C=O) groups excluding carboxylic acids is 3. The molecule has 0 bridgehead atoms. The minimum absolute atomic E-state index is 0.0328. The van der Waals surface area contributed by atoms with Gasteiger partial charge >= 0.3 is 18.2 Å². The van der Waals surface area contributed by atoms with Gasteiger partial charge in [-0.25, -0.2) is 19.4 Å². The third-order valence-corrected chi connectivity index (χ3v) is 8.76. The summed E-state index contributed by atoms with van der Waals surface area (Å²) in [6, 6.07) is 14.7. The number of rotatable bonds is 22. The van der Waals surface area contributed by atoms with Crippen LogP contribution in [0.25, 0.3) is 22.5 Å². The summed E-state index contributed by atoms with van der Waals surface area (Å²) < 4.78 is 18.2. The topological polar surface area (TPSA) is 228 Å². The van der Waals surface area contributed by atoms with E-state index in [0.29, 0.717) is 50.2 Å². The molecule has 0 aliphatic carbocycles. The van der Waals surface area contributed by atoms with E-state index in [9.17, 15) is 24.5 Å². The molecule has 4 aromatic rings. The largest absolute Gasteiger partial charge is 0.464 e. The highest BCUT2D eigenvalue weighted by atomic mass is 35.5. The van der Waals surface area contributed by atoms with E-state index >= 15 is 0 Å². The van der Waals surface area contributed by atoms with Crippen LogP contribution in [0.3, 0.4) is 0 Å². The SMILES string of the molecule is CCCCc1nc(Cl)c(COC(=O)N[C@@H](CCCCNC(=O)OC(C)(C)C)C(=O)OCCCCO[N+](=O)[O-])n1Cc1ccc(-c2ccccc2-c2nn[nH]n2)cc1. The van der Waals surface area contributed by atoms with Crippen molar-refractivity contribution < 1.29 is 38.5 Å². The number of aromatic amines is 1. The number of H-pyrrole nitrogens is 1. The van der Waals surface area contributed by atoms with Gasteiger partial charge in [0.05, 0.1) is 18.9 Å². The number of nitrogens with one attached hydrogen (secondary N) is 3. The van der Waals surface area contributed by atoms with Crippen LogP contribution in [-0.2, 0) is 43.4 Å². The van der Waals surface area contributed by atoms with Crippen molar-refractivity contribution in [2.45, 2.75) is 104 Å². The van der Waals surface area contributed by atoms with Crippen molar-refractivity contribution >= 4 is 29.8 Å². The molecule has 308 valence electrons. The number of imidazole rings is 1. The van der Waals surface area contributed by atoms with Gasteiger partial charge in [0.15, 0.2) is 5.15 Å². The van der Waals surface area contributed by atoms with E-state index in [-0.39, 0.29) is 37.9 Å². The Bertz CT molecular complexity index is 1900. The lowest BCUT2D eigenvalue weighted by atomic mass is 9.98. The van der Waals surface area contributed by atoms with E-state index in [1.165, 1.54) is 0 Å². The van der Waals surface area contributed by atoms with E-state index in [2.05, 4.69) is 48.0 Å². The number of alkyl carbamates (subject to hydrolysis) is 2. The Morgan fingerprint density at radius 1 is 0.965 bits per heavy atom. The molecule has 0 radical (unpaired) electrons. The summed E-state index contributed by atoms with van der Waals surface area (Å²) >= 11 is 6.65. The van der Waals surface area contributed by atoms with Crippen molar-refractivity contribution in [3.63, 3.8) is 0 Å². The van der Waals surface area contributed by atoms with Gasteiger partial charge in [0.2, 0.25) is 5.82 Å². The molecule has 0 fully saturated rings. The molecule has 18 nitrogen and oxygen atoms in total. The number of tetrazole rings is 1. The third-order valence-electron chi connectivity index (χ3n) is 8.46. The number of aromatic nitrogens is 6. The normalized spacial score (nSPS) is 11.7. The van der Waals surface area contributed by atoms with E-state index in [0.717, 1.165) is 40.9 Å². The van der Waals surface area contributed by atoms with Gasteiger partial charge < -0.3 is 34.2 Å². The summed E-state index contributed by atoms with van der Waals surface area (Å²) in [5, 5.41) is 29.4. The summed E-state index contributed by atoms with van der Waals surface area (Å²) in [6.07, 6.45) is 2.76. The van der Waals surface area contributed by atoms with Crippen molar-refractivity contribution in [2.24, 2.45) is 0 Å². The fraction of sp³-hybridized carbons (Fsp3) is 0.500. The zero-order valence-electron chi connectivity index (χ0n) is 32.6. The van der Waals surface area contributed by atoms with E-state index in [1.807, 2.05) is 53.1 Å². The summed E-state index contributed by atoms with van der Waals surface area (Å²) in [5.74, 6) is 0.540. The second-order valence-electron chi connectivity index (χ2n) is 14.1. The third kappa shape index (κ3) is 14.7. The molecule has 19 heteroatoms. The highest BCUT2D eigenvalue weighted by molar-refractivity contribution is 6.30. The fourth-order valence-corrected chi connectivity index (χ4v) is 5.95. The Labute approximate surface area is 335 Å². The van der Waals surface area contributed by atoms with Gasteiger partial charge in [-0.15, -0.1) is 20.3 Å². The van der Waals surface area contributed by atoms with E-state index in [4.69, 9.17) is 25.8 Å². The van der Waals surface area contributed by atoms with Gasteiger partial charge in [-0.1, -0.05) is 73.5 Å². The van der Waals surface area contributed by atoms with Gasteiger partial charge in [-0.2, -0.15) is 5.21 Å². The van der Waals surface area contributed by atoms with Crippen LogP contribution in [-0.4, -0.2) is 84.8 Å². The number of hydrogen-bond donors (Lipinski definition) is 3. The molecule has 2 aromatic carbocycles. The molecule has 0 aliphatic heterocycles. The van der Waals surface area contributed by atoms with Crippen molar-refractivity contribution in [3.8, 4) is 22.5 Å². The highest BCUT2D eigenvalue weighted by Gasteiger charge is 2.25. The molecule has 2 aromatic heterocycles. The Hall–Kier alpha value is -5.78. The molecule has 0 aliphatic rings. The number of esters is 1. The lowest BCUT2D eigenvalue weighted by molar-refractivity contribution is -0.757. The summed E-state index contributed by atoms with van der Waals surface area (Å²) in [7, 11) is 0. The number of amides is 2. The summed E-state index contributed by atoms with van der Waals surface area (Å²) in [6.45, 7) is 7.67. The Morgan fingerprint density at radius 2 is 1.70 bits per heavy atom. The predicted molar refractivity (Wildman–Crippen MR) is 208 cm³/mol. The van der Waals surface area contributed by atoms with Crippen LogP contribution in [0.15, 0.2) is 48.5 Å². The molecule has 0 spiro atoms. The van der Waals surface area contributed by atoms with Crippen LogP contribution in [0.1, 0.15) is 89.7 Å². The molecule has 57 heavy (non-hydrogen) atoms. The number of carbonyl (C=O) groups is 3. The first-order valence-corrected chi connectivity index (χ1v) is 19.2. The number of halogens is 1. The van der Waals surface area contributed by atoms with Gasteiger partial charge in [0.1, 0.15) is 24.1 Å². The molecule has 2 amide bonds. The first-order valence-electron chi connectivity index (χ1n) is 18.8. The second-order valence-corrected chi connectivity index (χ2v) is 14.4. The van der Waals surface area contributed by atoms with Crippen LogP contribution < -0.4 is 10.6 Å². The maximum Gasteiger partial charge on any atom is 0.408 e. The first kappa shape index (κ1) is 43.9. The Kier molecular flexibility index (Phi) is 17.0. The minimum Gasteiger partial charge on any atom is -0.464 e. The molecule has 0 unspecified atom stereocenters. The first-order chi connectivity index (χ1) is 27.3. The number of hydrogen-bond acceptors (Lipinski definition) is 13. The van der Waals surface area contributed by atoms with Crippen molar-refractivity contribution in [2.75, 3.05) is 19.8 Å². The highest BCUT2D eigenvalue weighted by Crippen LogP contribution is 2.30. The number of aryl methyl sites for hydroxylation is 1. The van der Waals surface area contributed by atoms with Crippen molar-refractivity contribution in [1.29, 1.82) is 0 Å². The minimum atomic E-state index is -1.07. The lowest BCUT2D eigenvalue weighted by Crippen LogP contribution is -2.42. The molecule has 2 heterocycles. The van der Waals surface area contributed by atoms with E-state index in [1.54, 1.807) is 20.8 Å². The average Bonchev–Trinajstić information content (AvgIpc) is 3.81. The van der Waals surface area contributed by atoms with Gasteiger partial charge in [0.25, 0.3) is 5.09 Å². The lowest BCUT2D eigenvalue weighted by Gasteiger charge is -2.20. The fourth-order valence-electron chi connectivity index (χ4n) is 5.69. The zero-order chi connectivity index (χ0) is 41.2. The van der Waals surface area contributed by atoms with Crippen LogP contribution in [0.4, 0.5) is 9.59 Å². The average molecular weight is 812 g/mol. The van der Waals surface area contributed by atoms with Gasteiger partial charge in [-0.3, -0.25) is 0 Å².